The van der Waals surface area contributed by atoms with Crippen LogP contribution in [0.5, 0.6) is 0 Å². The van der Waals surface area contributed by atoms with Crippen molar-refractivity contribution in [1.82, 2.24) is 9.80 Å². The molecule has 2 fully saturated rings. The van der Waals surface area contributed by atoms with E-state index in [4.69, 9.17) is 5.73 Å². The van der Waals surface area contributed by atoms with Gasteiger partial charge in [-0.3, -0.25) is 14.5 Å². The summed E-state index contributed by atoms with van der Waals surface area (Å²) in [6, 6.07) is 12.4. The van der Waals surface area contributed by atoms with Crippen LogP contribution in [0.25, 0.3) is 0 Å². The molecule has 3 rings (SSSR count). The number of primary amides is 1. The summed E-state index contributed by atoms with van der Waals surface area (Å²) in [5, 5.41) is 9.77. The topological polar surface area (TPSA) is 90.4 Å². The second kappa shape index (κ2) is 7.88. The Hall–Kier alpha value is -2.39. The number of rotatable bonds is 4. The molecule has 138 valence electrons. The summed E-state index contributed by atoms with van der Waals surface area (Å²) in [7, 11) is 0. The molecule has 0 saturated carbocycles. The molecule has 6 nitrogen and oxygen atoms in total. The molecule has 0 radical (unpaired) electrons. The number of piperidine rings is 2. The normalized spacial score (nSPS) is 21.1. The van der Waals surface area contributed by atoms with Gasteiger partial charge < -0.3 is 10.6 Å². The maximum atomic E-state index is 12.9. The van der Waals surface area contributed by atoms with Gasteiger partial charge in [0.25, 0.3) is 0 Å². The van der Waals surface area contributed by atoms with Crippen molar-refractivity contribution in [2.24, 2.45) is 11.7 Å². The summed E-state index contributed by atoms with van der Waals surface area (Å²) in [4.78, 5) is 27.8. The molecule has 0 atom stereocenters. The SMILES string of the molecule is N#CC1(c2ccccc2)CCN(C(=O)C2CCN(CC(N)=O)CC2)CC1. The van der Waals surface area contributed by atoms with Gasteiger partial charge in [-0.1, -0.05) is 30.3 Å². The highest BCUT2D eigenvalue weighted by molar-refractivity contribution is 5.79. The highest BCUT2D eigenvalue weighted by Crippen LogP contribution is 2.35. The monoisotopic (exact) mass is 354 g/mol. The molecule has 1 aromatic rings. The number of carbonyl (C=O) groups excluding carboxylic acids is 2. The minimum Gasteiger partial charge on any atom is -0.369 e. The number of nitriles is 1. The number of hydrogen-bond acceptors (Lipinski definition) is 4. The zero-order chi connectivity index (χ0) is 18.6. The molecule has 2 N–H and O–H groups in total. The van der Waals surface area contributed by atoms with Crippen LogP contribution in [0, 0.1) is 17.2 Å². The third kappa shape index (κ3) is 3.88. The molecule has 2 aliphatic heterocycles. The summed E-state index contributed by atoms with van der Waals surface area (Å²) >= 11 is 0. The van der Waals surface area contributed by atoms with Crippen LogP contribution in [-0.2, 0) is 15.0 Å². The first-order chi connectivity index (χ1) is 12.5. The maximum absolute atomic E-state index is 12.9. The highest BCUT2D eigenvalue weighted by atomic mass is 16.2. The molecule has 2 heterocycles. The van der Waals surface area contributed by atoms with Crippen LogP contribution in [0.4, 0.5) is 0 Å². The fourth-order valence-corrected chi connectivity index (χ4v) is 4.15. The Morgan fingerprint density at radius 1 is 1.12 bits per heavy atom. The average Bonchev–Trinajstić information content (AvgIpc) is 2.68. The van der Waals surface area contributed by atoms with Crippen LogP contribution in [0.1, 0.15) is 31.2 Å². The van der Waals surface area contributed by atoms with E-state index in [0.717, 1.165) is 31.5 Å². The van der Waals surface area contributed by atoms with Crippen LogP contribution in [0.2, 0.25) is 0 Å². The number of amides is 2. The summed E-state index contributed by atoms with van der Waals surface area (Å²) in [6.07, 6.45) is 2.90. The van der Waals surface area contributed by atoms with Gasteiger partial charge in [-0.15, -0.1) is 0 Å². The van der Waals surface area contributed by atoms with Crippen molar-refractivity contribution in [3.8, 4) is 6.07 Å². The van der Waals surface area contributed by atoms with Crippen molar-refractivity contribution in [3.05, 3.63) is 35.9 Å². The van der Waals surface area contributed by atoms with Crippen molar-refractivity contribution >= 4 is 11.8 Å². The van der Waals surface area contributed by atoms with E-state index in [1.54, 1.807) is 0 Å². The van der Waals surface area contributed by atoms with Crippen molar-refractivity contribution in [1.29, 1.82) is 5.26 Å². The van der Waals surface area contributed by atoms with E-state index in [1.807, 2.05) is 40.1 Å². The summed E-state index contributed by atoms with van der Waals surface area (Å²) in [5.41, 5.74) is 5.81. The van der Waals surface area contributed by atoms with Gasteiger partial charge in [0, 0.05) is 19.0 Å². The molecular weight excluding hydrogens is 328 g/mol. The zero-order valence-corrected chi connectivity index (χ0v) is 15.1. The molecule has 2 aliphatic rings. The first-order valence-corrected chi connectivity index (χ1v) is 9.30. The van der Waals surface area contributed by atoms with Crippen molar-refractivity contribution in [2.45, 2.75) is 31.1 Å². The largest absolute Gasteiger partial charge is 0.369 e. The predicted molar refractivity (Wildman–Crippen MR) is 97.9 cm³/mol. The predicted octanol–water partition coefficient (Wildman–Crippen LogP) is 1.27. The van der Waals surface area contributed by atoms with Gasteiger partial charge in [-0.25, -0.2) is 0 Å². The van der Waals surface area contributed by atoms with Crippen molar-refractivity contribution < 1.29 is 9.59 Å². The van der Waals surface area contributed by atoms with E-state index in [0.29, 0.717) is 25.9 Å². The van der Waals surface area contributed by atoms with Gasteiger partial charge in [-0.05, 0) is 44.3 Å². The molecule has 0 aromatic heterocycles. The molecule has 26 heavy (non-hydrogen) atoms. The second-order valence-electron chi connectivity index (χ2n) is 7.40. The summed E-state index contributed by atoms with van der Waals surface area (Å²) < 4.78 is 0. The van der Waals surface area contributed by atoms with E-state index in [9.17, 15) is 14.9 Å². The van der Waals surface area contributed by atoms with Crippen molar-refractivity contribution in [3.63, 3.8) is 0 Å². The van der Waals surface area contributed by atoms with Crippen LogP contribution in [0.15, 0.2) is 30.3 Å². The number of likely N-dealkylation sites (tertiary alicyclic amines) is 2. The van der Waals surface area contributed by atoms with Gasteiger partial charge in [0.2, 0.25) is 11.8 Å². The Bertz CT molecular complexity index is 682. The highest BCUT2D eigenvalue weighted by Gasteiger charge is 2.39. The molecule has 6 heteroatoms. The molecule has 2 saturated heterocycles. The minimum absolute atomic E-state index is 0.0189. The van der Waals surface area contributed by atoms with Gasteiger partial charge in [-0.2, -0.15) is 5.26 Å². The Morgan fingerprint density at radius 3 is 2.27 bits per heavy atom. The van der Waals surface area contributed by atoms with Crippen LogP contribution < -0.4 is 5.73 Å². The summed E-state index contributed by atoms with van der Waals surface area (Å²) in [6.45, 7) is 3.00. The Morgan fingerprint density at radius 2 is 1.73 bits per heavy atom. The first-order valence-electron chi connectivity index (χ1n) is 9.30. The fourth-order valence-electron chi connectivity index (χ4n) is 4.15. The quantitative estimate of drug-likeness (QED) is 0.881. The molecule has 0 spiro atoms. The lowest BCUT2D eigenvalue weighted by Crippen LogP contribution is -2.49. The lowest BCUT2D eigenvalue weighted by molar-refractivity contribution is -0.138. The lowest BCUT2D eigenvalue weighted by atomic mass is 9.74. The number of benzene rings is 1. The number of nitrogens with zero attached hydrogens (tertiary/aromatic N) is 3. The molecule has 1 aromatic carbocycles. The van der Waals surface area contributed by atoms with Crippen LogP contribution >= 0.6 is 0 Å². The standard InChI is InChI=1S/C20H26N4O2/c21-15-20(17-4-2-1-3-5-17)8-12-24(13-9-20)19(26)16-6-10-23(11-7-16)14-18(22)25/h1-5,16H,6-14H2,(H2,22,25). The smallest absolute Gasteiger partial charge is 0.231 e. The van der Waals surface area contributed by atoms with Gasteiger partial charge in [0.05, 0.1) is 18.0 Å². The fraction of sp³-hybridized carbons (Fsp3) is 0.550. The molecular formula is C20H26N4O2. The van der Waals surface area contributed by atoms with Gasteiger partial charge >= 0.3 is 0 Å². The molecule has 0 unspecified atom stereocenters. The Balaban J connectivity index is 1.56. The van der Waals surface area contributed by atoms with Crippen molar-refractivity contribution in [2.75, 3.05) is 32.7 Å². The Labute approximate surface area is 154 Å². The summed E-state index contributed by atoms with van der Waals surface area (Å²) in [5.74, 6) is -0.103. The third-order valence-corrected chi connectivity index (χ3v) is 5.79. The first kappa shape index (κ1) is 18.4. The number of hydrogen-bond donors (Lipinski definition) is 1. The lowest BCUT2D eigenvalue weighted by Gasteiger charge is -2.40. The third-order valence-electron chi connectivity index (χ3n) is 5.79. The number of nitrogens with two attached hydrogens (primary N) is 1. The van der Waals surface area contributed by atoms with Crippen LogP contribution in [-0.4, -0.2) is 54.3 Å². The molecule has 0 bridgehead atoms. The average molecular weight is 354 g/mol. The van der Waals surface area contributed by atoms with Crippen LogP contribution in [0.3, 0.4) is 0 Å². The van der Waals surface area contributed by atoms with E-state index >= 15 is 0 Å². The number of carbonyl (C=O) groups is 2. The Kier molecular flexibility index (Phi) is 5.58. The molecule has 2 amide bonds. The van der Waals surface area contributed by atoms with E-state index in [-0.39, 0.29) is 24.3 Å². The molecule has 0 aliphatic carbocycles. The van der Waals surface area contributed by atoms with E-state index in [1.165, 1.54) is 0 Å². The van der Waals surface area contributed by atoms with Gasteiger partial charge in [0.1, 0.15) is 0 Å². The van der Waals surface area contributed by atoms with E-state index < -0.39 is 5.41 Å². The zero-order valence-electron chi connectivity index (χ0n) is 15.1. The second-order valence-corrected chi connectivity index (χ2v) is 7.40. The van der Waals surface area contributed by atoms with Gasteiger partial charge in [0.15, 0.2) is 0 Å². The minimum atomic E-state index is -0.483. The maximum Gasteiger partial charge on any atom is 0.231 e. The van der Waals surface area contributed by atoms with E-state index in [2.05, 4.69) is 6.07 Å².